The van der Waals surface area contributed by atoms with Gasteiger partial charge in [0.25, 0.3) is 5.91 Å². The molecule has 1 spiro atoms. The highest BCUT2D eigenvalue weighted by Gasteiger charge is 2.53. The van der Waals surface area contributed by atoms with E-state index in [1.807, 2.05) is 32.0 Å². The normalized spacial score (nSPS) is 27.9. The SMILES string of the molecule is CCc1ccc(CC)c(C(=O)CN2C(=O)NC3(CCS(=N)(=O)CC3)C2=O)c1. The third-order valence-electron chi connectivity index (χ3n) is 5.53. The lowest BCUT2D eigenvalue weighted by Crippen LogP contribution is -2.52. The number of rotatable bonds is 5. The van der Waals surface area contributed by atoms with Crippen LogP contribution in [0.4, 0.5) is 4.79 Å². The van der Waals surface area contributed by atoms with E-state index in [1.54, 1.807) is 0 Å². The number of aryl methyl sites for hydroxylation is 2. The molecule has 0 saturated carbocycles. The second kappa shape index (κ2) is 7.07. The van der Waals surface area contributed by atoms with E-state index in [4.69, 9.17) is 4.78 Å². The molecule has 2 aliphatic rings. The minimum Gasteiger partial charge on any atom is -0.323 e. The lowest BCUT2D eigenvalue weighted by molar-refractivity contribution is -0.131. The van der Waals surface area contributed by atoms with Gasteiger partial charge in [-0.3, -0.25) is 19.3 Å². The van der Waals surface area contributed by atoms with E-state index in [9.17, 15) is 18.6 Å². The van der Waals surface area contributed by atoms with E-state index < -0.39 is 27.2 Å². The van der Waals surface area contributed by atoms with E-state index in [0.29, 0.717) is 12.0 Å². The topological polar surface area (TPSA) is 107 Å². The minimum atomic E-state index is -2.68. The smallest absolute Gasteiger partial charge is 0.323 e. The molecule has 0 radical (unpaired) electrons. The van der Waals surface area contributed by atoms with Crippen LogP contribution < -0.4 is 5.32 Å². The van der Waals surface area contributed by atoms with E-state index in [2.05, 4.69) is 5.32 Å². The molecule has 3 rings (SSSR count). The summed E-state index contributed by atoms with van der Waals surface area (Å²) >= 11 is 0. The first-order chi connectivity index (χ1) is 12.7. The largest absolute Gasteiger partial charge is 0.325 e. The number of amides is 3. The zero-order chi connectivity index (χ0) is 19.8. The van der Waals surface area contributed by atoms with Gasteiger partial charge in [-0.1, -0.05) is 26.0 Å². The highest BCUT2D eigenvalue weighted by Crippen LogP contribution is 2.31. The molecule has 2 heterocycles. The number of carbonyl (C=O) groups excluding carboxylic acids is 3. The highest BCUT2D eigenvalue weighted by molar-refractivity contribution is 7.92. The third kappa shape index (κ3) is 3.63. The maximum atomic E-state index is 12.9. The Bertz CT molecular complexity index is 894. The van der Waals surface area contributed by atoms with Crippen molar-refractivity contribution in [1.82, 2.24) is 10.2 Å². The van der Waals surface area contributed by atoms with Crippen molar-refractivity contribution >= 4 is 27.5 Å². The molecule has 146 valence electrons. The number of Topliss-reactive ketones (excluding diaryl/α,β-unsaturated/α-hetero) is 1. The Hall–Kier alpha value is -2.22. The summed E-state index contributed by atoms with van der Waals surface area (Å²) in [6.45, 7) is 3.66. The predicted molar refractivity (Wildman–Crippen MR) is 102 cm³/mol. The van der Waals surface area contributed by atoms with E-state index in [-0.39, 0.29) is 36.7 Å². The van der Waals surface area contributed by atoms with Crippen LogP contribution in [0.3, 0.4) is 0 Å². The Balaban J connectivity index is 1.81. The predicted octanol–water partition coefficient (Wildman–Crippen LogP) is 2.13. The molecule has 3 amide bonds. The summed E-state index contributed by atoms with van der Waals surface area (Å²) in [4.78, 5) is 39.1. The maximum absolute atomic E-state index is 12.9. The Kier molecular flexibility index (Phi) is 5.12. The minimum absolute atomic E-state index is 0.0827. The molecule has 0 bridgehead atoms. The Morgan fingerprint density at radius 1 is 1.22 bits per heavy atom. The highest BCUT2D eigenvalue weighted by atomic mass is 32.2. The summed E-state index contributed by atoms with van der Waals surface area (Å²) in [5.41, 5.74) is 1.36. The molecule has 7 nitrogen and oxygen atoms in total. The molecule has 0 atom stereocenters. The molecule has 27 heavy (non-hydrogen) atoms. The summed E-state index contributed by atoms with van der Waals surface area (Å²) < 4.78 is 19.6. The van der Waals surface area contributed by atoms with Crippen molar-refractivity contribution in [3.8, 4) is 0 Å². The first-order valence-corrected chi connectivity index (χ1v) is 11.1. The summed E-state index contributed by atoms with van der Waals surface area (Å²) in [7, 11) is -2.68. The zero-order valence-corrected chi connectivity index (χ0v) is 16.5. The van der Waals surface area contributed by atoms with Gasteiger partial charge in [-0.2, -0.15) is 0 Å². The molecule has 0 aromatic heterocycles. The zero-order valence-electron chi connectivity index (χ0n) is 15.7. The molecule has 2 aliphatic heterocycles. The standard InChI is InChI=1S/C19H25N3O4S/c1-3-13-5-6-14(4-2)15(11-13)16(23)12-22-17(24)19(21-18(22)25)7-9-27(20,26)10-8-19/h5-6,11,20H,3-4,7-10,12H2,1-2H3,(H,21,25). The number of hydrogen-bond donors (Lipinski definition) is 2. The average Bonchev–Trinajstić information content (AvgIpc) is 2.88. The molecule has 2 saturated heterocycles. The van der Waals surface area contributed by atoms with Crippen molar-refractivity contribution in [2.75, 3.05) is 18.1 Å². The molecular formula is C19H25N3O4S. The number of nitrogens with one attached hydrogen (secondary N) is 2. The van der Waals surface area contributed by atoms with Gasteiger partial charge < -0.3 is 5.32 Å². The van der Waals surface area contributed by atoms with Gasteiger partial charge in [0.05, 0.1) is 6.54 Å². The number of hydrogen-bond acceptors (Lipinski definition) is 5. The quantitative estimate of drug-likeness (QED) is 0.592. The first kappa shape index (κ1) is 19.5. The van der Waals surface area contributed by atoms with E-state index in [0.717, 1.165) is 22.4 Å². The van der Waals surface area contributed by atoms with Gasteiger partial charge in [0, 0.05) is 26.8 Å². The number of nitrogens with zero attached hydrogens (tertiary/aromatic N) is 1. The van der Waals surface area contributed by atoms with Gasteiger partial charge in [0.2, 0.25) is 0 Å². The summed E-state index contributed by atoms with van der Waals surface area (Å²) in [5.74, 6) is -0.540. The second-order valence-corrected chi connectivity index (χ2v) is 9.69. The van der Waals surface area contributed by atoms with Crippen molar-refractivity contribution in [1.29, 1.82) is 4.78 Å². The fourth-order valence-electron chi connectivity index (χ4n) is 3.70. The third-order valence-corrected chi connectivity index (χ3v) is 7.26. The van der Waals surface area contributed by atoms with Crippen molar-refractivity contribution < 1.29 is 18.6 Å². The van der Waals surface area contributed by atoms with Crippen LogP contribution >= 0.6 is 0 Å². The Morgan fingerprint density at radius 3 is 2.48 bits per heavy atom. The van der Waals surface area contributed by atoms with Gasteiger partial charge in [0.15, 0.2) is 5.78 Å². The van der Waals surface area contributed by atoms with Gasteiger partial charge in [-0.25, -0.2) is 9.00 Å². The maximum Gasteiger partial charge on any atom is 0.325 e. The average molecular weight is 391 g/mol. The Labute approximate surface area is 159 Å². The van der Waals surface area contributed by atoms with Crippen LogP contribution in [0.1, 0.15) is 48.2 Å². The van der Waals surface area contributed by atoms with Crippen molar-refractivity contribution in [2.45, 2.75) is 45.1 Å². The molecule has 0 aliphatic carbocycles. The van der Waals surface area contributed by atoms with E-state index >= 15 is 0 Å². The lowest BCUT2D eigenvalue weighted by atomic mass is 9.92. The summed E-state index contributed by atoms with van der Waals surface area (Å²) in [6, 6.07) is 5.16. The molecule has 8 heteroatoms. The fourth-order valence-corrected chi connectivity index (χ4v) is 5.26. The summed E-state index contributed by atoms with van der Waals surface area (Å²) in [5, 5.41) is 2.69. The number of carbonyl (C=O) groups is 3. The van der Waals surface area contributed by atoms with Crippen molar-refractivity contribution in [3.05, 3.63) is 34.9 Å². The monoisotopic (exact) mass is 391 g/mol. The lowest BCUT2D eigenvalue weighted by Gasteiger charge is -2.31. The van der Waals surface area contributed by atoms with Crippen LogP contribution in [0.2, 0.25) is 0 Å². The molecule has 0 unspecified atom stereocenters. The molecule has 1 aromatic rings. The van der Waals surface area contributed by atoms with Crippen LogP contribution in [0.15, 0.2) is 18.2 Å². The van der Waals surface area contributed by atoms with Gasteiger partial charge >= 0.3 is 6.03 Å². The second-order valence-electron chi connectivity index (χ2n) is 7.25. The number of benzene rings is 1. The van der Waals surface area contributed by atoms with Crippen molar-refractivity contribution in [2.24, 2.45) is 0 Å². The summed E-state index contributed by atoms with van der Waals surface area (Å²) in [6.07, 6.45) is 1.84. The van der Waals surface area contributed by atoms with Crippen LogP contribution in [0, 0.1) is 4.78 Å². The van der Waals surface area contributed by atoms with Crippen LogP contribution in [0.25, 0.3) is 0 Å². The van der Waals surface area contributed by atoms with E-state index in [1.165, 1.54) is 0 Å². The molecule has 2 N–H and O–H groups in total. The first-order valence-electron chi connectivity index (χ1n) is 9.24. The van der Waals surface area contributed by atoms with Gasteiger partial charge in [0.1, 0.15) is 5.54 Å². The number of urea groups is 1. The van der Waals surface area contributed by atoms with Gasteiger partial charge in [-0.05, 0) is 42.9 Å². The van der Waals surface area contributed by atoms with Crippen molar-refractivity contribution in [3.63, 3.8) is 0 Å². The Morgan fingerprint density at radius 2 is 1.89 bits per heavy atom. The molecular weight excluding hydrogens is 366 g/mol. The van der Waals surface area contributed by atoms with Crippen LogP contribution in [-0.2, 0) is 27.4 Å². The number of ketones is 1. The fraction of sp³-hybridized carbons (Fsp3) is 0.526. The van der Waals surface area contributed by atoms with Gasteiger partial charge in [-0.15, -0.1) is 0 Å². The van der Waals surface area contributed by atoms with Crippen LogP contribution in [-0.4, -0.2) is 50.4 Å². The van der Waals surface area contributed by atoms with Crippen LogP contribution in [0.5, 0.6) is 0 Å². The number of imide groups is 1. The molecule has 1 aromatic carbocycles. The molecule has 2 fully saturated rings.